The van der Waals surface area contributed by atoms with Gasteiger partial charge in [0.1, 0.15) is 11.6 Å². The number of amides is 1. The van der Waals surface area contributed by atoms with Crippen LogP contribution in [-0.4, -0.2) is 25.2 Å². The number of rotatable bonds is 7. The number of benzene rings is 3. The number of hydrogen-bond donors (Lipinski definition) is 1. The minimum atomic E-state index is -0.659. The van der Waals surface area contributed by atoms with Gasteiger partial charge in [-0.1, -0.05) is 12.1 Å². The lowest BCUT2D eigenvalue weighted by atomic mass is 10.1. The van der Waals surface area contributed by atoms with E-state index in [0.29, 0.717) is 11.1 Å². The predicted octanol–water partition coefficient (Wildman–Crippen LogP) is 3.89. The molecule has 0 aliphatic carbocycles. The van der Waals surface area contributed by atoms with Crippen molar-refractivity contribution in [2.24, 2.45) is 5.10 Å². The predicted molar refractivity (Wildman–Crippen MR) is 110 cm³/mol. The Morgan fingerprint density at radius 3 is 2.23 bits per heavy atom. The number of carbonyl (C=O) groups is 2. The van der Waals surface area contributed by atoms with Crippen LogP contribution in [0.5, 0.6) is 11.5 Å². The fraction of sp³-hybridized carbons (Fsp3) is 0.0870. The highest BCUT2D eigenvalue weighted by Crippen LogP contribution is 2.28. The summed E-state index contributed by atoms with van der Waals surface area (Å²) in [4.78, 5) is 24.1. The fourth-order valence-electron chi connectivity index (χ4n) is 2.60. The maximum Gasteiger partial charge on any atom is 0.343 e. The summed E-state index contributed by atoms with van der Waals surface area (Å²) in [6.07, 6.45) is 1.45. The van der Waals surface area contributed by atoms with Gasteiger partial charge in [-0.3, -0.25) is 4.79 Å². The van der Waals surface area contributed by atoms with Gasteiger partial charge in [0.2, 0.25) is 5.91 Å². The Balaban J connectivity index is 1.61. The first kappa shape index (κ1) is 21.6. The Bertz CT molecular complexity index is 1100. The Hall–Kier alpha value is -4.07. The summed E-state index contributed by atoms with van der Waals surface area (Å²) < 4.78 is 36.4. The molecule has 0 radical (unpaired) electrons. The summed E-state index contributed by atoms with van der Waals surface area (Å²) in [5, 5.41) is 3.88. The maximum atomic E-state index is 13.0. The first-order valence-electron chi connectivity index (χ1n) is 9.17. The average molecular weight is 424 g/mol. The SMILES string of the molecule is COc1cc(/C=N/NC(=O)Cc2ccc(F)cc2)ccc1OC(=O)c1ccc(F)cc1. The number of nitrogens with zero attached hydrogens (tertiary/aromatic N) is 1. The number of methoxy groups -OCH3 is 1. The summed E-state index contributed by atoms with van der Waals surface area (Å²) in [7, 11) is 1.41. The second kappa shape index (κ2) is 10.1. The van der Waals surface area contributed by atoms with Crippen LogP contribution < -0.4 is 14.9 Å². The Kier molecular flexibility index (Phi) is 7.05. The lowest BCUT2D eigenvalue weighted by Gasteiger charge is -2.10. The number of esters is 1. The Morgan fingerprint density at radius 2 is 1.58 bits per heavy atom. The first-order chi connectivity index (χ1) is 14.9. The van der Waals surface area contributed by atoms with E-state index >= 15 is 0 Å². The number of halogens is 2. The molecular weight excluding hydrogens is 406 g/mol. The topological polar surface area (TPSA) is 77.0 Å². The summed E-state index contributed by atoms with van der Waals surface area (Å²) in [5.41, 5.74) is 3.82. The number of hydrazone groups is 1. The van der Waals surface area contributed by atoms with Crippen LogP contribution in [0.4, 0.5) is 8.78 Å². The molecule has 1 amide bonds. The van der Waals surface area contributed by atoms with E-state index in [1.165, 1.54) is 55.8 Å². The number of carbonyl (C=O) groups excluding carboxylic acids is 2. The highest BCUT2D eigenvalue weighted by atomic mass is 19.1. The van der Waals surface area contributed by atoms with Crippen LogP contribution in [0.3, 0.4) is 0 Å². The van der Waals surface area contributed by atoms with Crippen molar-refractivity contribution in [2.75, 3.05) is 7.11 Å². The van der Waals surface area contributed by atoms with E-state index in [4.69, 9.17) is 9.47 Å². The zero-order valence-electron chi connectivity index (χ0n) is 16.5. The molecule has 6 nitrogen and oxygen atoms in total. The van der Waals surface area contributed by atoms with Crippen molar-refractivity contribution in [1.29, 1.82) is 0 Å². The largest absolute Gasteiger partial charge is 0.493 e. The van der Waals surface area contributed by atoms with E-state index in [9.17, 15) is 18.4 Å². The van der Waals surface area contributed by atoms with Crippen LogP contribution in [0.25, 0.3) is 0 Å². The highest BCUT2D eigenvalue weighted by molar-refractivity contribution is 5.91. The van der Waals surface area contributed by atoms with Crippen molar-refractivity contribution in [1.82, 2.24) is 5.43 Å². The van der Waals surface area contributed by atoms with Crippen LogP contribution in [0.1, 0.15) is 21.5 Å². The van der Waals surface area contributed by atoms with Gasteiger partial charge in [0.05, 0.1) is 25.3 Å². The van der Waals surface area contributed by atoms with Gasteiger partial charge >= 0.3 is 5.97 Å². The smallest absolute Gasteiger partial charge is 0.343 e. The van der Waals surface area contributed by atoms with Gasteiger partial charge in [-0.05, 0) is 65.7 Å². The van der Waals surface area contributed by atoms with E-state index in [-0.39, 0.29) is 35.2 Å². The second-order valence-electron chi connectivity index (χ2n) is 6.40. The maximum absolute atomic E-state index is 13.0. The zero-order valence-corrected chi connectivity index (χ0v) is 16.5. The monoisotopic (exact) mass is 424 g/mol. The molecule has 3 rings (SSSR count). The van der Waals surface area contributed by atoms with Gasteiger partial charge in [0.25, 0.3) is 0 Å². The first-order valence-corrected chi connectivity index (χ1v) is 9.17. The highest BCUT2D eigenvalue weighted by Gasteiger charge is 2.13. The molecule has 0 spiro atoms. The van der Waals surface area contributed by atoms with Gasteiger partial charge in [0, 0.05) is 0 Å². The molecule has 0 heterocycles. The Morgan fingerprint density at radius 1 is 0.935 bits per heavy atom. The normalized spacial score (nSPS) is 10.7. The number of nitrogens with one attached hydrogen (secondary N) is 1. The van der Waals surface area contributed by atoms with Gasteiger partial charge in [-0.2, -0.15) is 5.10 Å². The van der Waals surface area contributed by atoms with Crippen molar-refractivity contribution < 1.29 is 27.8 Å². The molecule has 0 aliphatic heterocycles. The molecule has 0 fully saturated rings. The van der Waals surface area contributed by atoms with E-state index in [2.05, 4.69) is 10.5 Å². The van der Waals surface area contributed by atoms with Crippen molar-refractivity contribution in [2.45, 2.75) is 6.42 Å². The molecule has 0 saturated heterocycles. The molecule has 3 aromatic carbocycles. The van der Waals surface area contributed by atoms with Crippen molar-refractivity contribution in [3.63, 3.8) is 0 Å². The molecular formula is C23H18F2N2O4. The molecule has 31 heavy (non-hydrogen) atoms. The fourth-order valence-corrected chi connectivity index (χ4v) is 2.60. The third-order valence-electron chi connectivity index (χ3n) is 4.15. The molecule has 8 heteroatoms. The van der Waals surface area contributed by atoms with Crippen LogP contribution in [0.15, 0.2) is 71.8 Å². The van der Waals surface area contributed by atoms with E-state index in [0.717, 1.165) is 12.1 Å². The van der Waals surface area contributed by atoms with Gasteiger partial charge < -0.3 is 9.47 Å². The minimum absolute atomic E-state index is 0.0548. The minimum Gasteiger partial charge on any atom is -0.493 e. The molecule has 0 atom stereocenters. The van der Waals surface area contributed by atoms with Gasteiger partial charge in [0.15, 0.2) is 11.5 Å². The van der Waals surface area contributed by atoms with E-state index < -0.39 is 11.8 Å². The zero-order chi connectivity index (χ0) is 22.2. The number of ether oxygens (including phenoxy) is 2. The van der Waals surface area contributed by atoms with Crippen LogP contribution >= 0.6 is 0 Å². The summed E-state index contributed by atoms with van der Waals surface area (Å²) >= 11 is 0. The summed E-state index contributed by atoms with van der Waals surface area (Å²) in [6, 6.07) is 15.3. The standard InChI is InChI=1S/C23H18F2N2O4/c1-30-21-12-16(14-26-27-22(28)13-15-2-7-18(24)8-3-15)4-11-20(21)31-23(29)17-5-9-19(25)10-6-17/h2-12,14H,13H2,1H3,(H,27,28)/b26-14+. The quantitative estimate of drug-likeness (QED) is 0.270. The summed E-state index contributed by atoms with van der Waals surface area (Å²) in [6.45, 7) is 0. The van der Waals surface area contributed by atoms with Crippen LogP contribution in [0, 0.1) is 11.6 Å². The summed E-state index contributed by atoms with van der Waals surface area (Å²) in [5.74, 6) is -1.40. The molecule has 0 saturated carbocycles. The van der Waals surface area contributed by atoms with Crippen molar-refractivity contribution >= 4 is 18.1 Å². The second-order valence-corrected chi connectivity index (χ2v) is 6.40. The van der Waals surface area contributed by atoms with Gasteiger partial charge in [-0.25, -0.2) is 19.0 Å². The third kappa shape index (κ3) is 6.20. The molecule has 0 bridgehead atoms. The molecule has 3 aromatic rings. The molecule has 0 aliphatic rings. The molecule has 158 valence electrons. The van der Waals surface area contributed by atoms with E-state index in [1.54, 1.807) is 12.1 Å². The Labute approximate surface area is 177 Å². The van der Waals surface area contributed by atoms with Crippen molar-refractivity contribution in [3.8, 4) is 11.5 Å². The lowest BCUT2D eigenvalue weighted by molar-refractivity contribution is -0.120. The third-order valence-corrected chi connectivity index (χ3v) is 4.15. The molecule has 0 unspecified atom stereocenters. The van der Waals surface area contributed by atoms with E-state index in [1.807, 2.05) is 0 Å². The van der Waals surface area contributed by atoms with Crippen LogP contribution in [-0.2, 0) is 11.2 Å². The molecule has 0 aromatic heterocycles. The van der Waals surface area contributed by atoms with Crippen molar-refractivity contribution in [3.05, 3.63) is 95.1 Å². The lowest BCUT2D eigenvalue weighted by Crippen LogP contribution is -2.19. The van der Waals surface area contributed by atoms with Crippen LogP contribution in [0.2, 0.25) is 0 Å². The molecule has 1 N–H and O–H groups in total. The average Bonchev–Trinajstić information content (AvgIpc) is 2.76. The van der Waals surface area contributed by atoms with Gasteiger partial charge in [-0.15, -0.1) is 0 Å². The number of hydrogen-bond acceptors (Lipinski definition) is 5.